The van der Waals surface area contributed by atoms with Gasteiger partial charge in [0.15, 0.2) is 0 Å². The molecule has 0 N–H and O–H groups in total. The molecule has 0 atom stereocenters. The van der Waals surface area contributed by atoms with Crippen molar-refractivity contribution in [2.45, 2.75) is 18.9 Å². The van der Waals surface area contributed by atoms with Crippen molar-refractivity contribution in [2.24, 2.45) is 0 Å². The van der Waals surface area contributed by atoms with E-state index in [-0.39, 0.29) is 12.0 Å². The van der Waals surface area contributed by atoms with Crippen LogP contribution in [0.5, 0.6) is 10.9 Å². The molecule has 7 heteroatoms. The van der Waals surface area contributed by atoms with E-state index in [1.807, 2.05) is 66.4 Å². The minimum absolute atomic E-state index is 0.0783. The molecule has 4 rings (SSSR count). The number of hydrogen-bond acceptors (Lipinski definition) is 6. The van der Waals surface area contributed by atoms with Crippen LogP contribution in [0.1, 0.15) is 23.2 Å². The standard InChI is InChI=1S/C22H25N3O3S/c1-24(2)16-6-4-5-15(13-16)21(26)25-11-9-17(10-12-25)28-22-23-19-8-7-18(27-3)14-20(19)29-22/h4-8,13-14,17H,9-12H2,1-3H3. The van der Waals surface area contributed by atoms with E-state index >= 15 is 0 Å². The average molecular weight is 412 g/mol. The number of ether oxygens (including phenoxy) is 2. The minimum atomic E-state index is 0.0783. The highest BCUT2D eigenvalue weighted by Crippen LogP contribution is 2.32. The Labute approximate surface area is 174 Å². The van der Waals surface area contributed by atoms with Crippen molar-refractivity contribution in [3.05, 3.63) is 48.0 Å². The van der Waals surface area contributed by atoms with E-state index in [1.165, 1.54) is 11.3 Å². The third-order valence-corrected chi connectivity index (χ3v) is 6.09. The summed E-state index contributed by atoms with van der Waals surface area (Å²) < 4.78 is 12.4. The molecule has 29 heavy (non-hydrogen) atoms. The van der Waals surface area contributed by atoms with Crippen molar-refractivity contribution in [2.75, 3.05) is 39.2 Å². The quantitative estimate of drug-likeness (QED) is 0.634. The number of nitrogens with zero attached hydrogens (tertiary/aromatic N) is 3. The Bertz CT molecular complexity index is 1010. The van der Waals surface area contributed by atoms with Crippen LogP contribution in [0.2, 0.25) is 0 Å². The number of thiazole rings is 1. The number of aromatic nitrogens is 1. The molecule has 6 nitrogen and oxygen atoms in total. The van der Waals surface area contributed by atoms with Gasteiger partial charge in [-0.2, -0.15) is 0 Å². The second-order valence-corrected chi connectivity index (χ2v) is 8.36. The number of fused-ring (bicyclic) bond motifs is 1. The van der Waals surface area contributed by atoms with Crippen molar-refractivity contribution < 1.29 is 14.3 Å². The highest BCUT2D eigenvalue weighted by atomic mass is 32.1. The van der Waals surface area contributed by atoms with Gasteiger partial charge in [-0.05, 0) is 36.4 Å². The first-order chi connectivity index (χ1) is 14.0. The number of likely N-dealkylation sites (tertiary alicyclic amines) is 1. The summed E-state index contributed by atoms with van der Waals surface area (Å²) in [6, 6.07) is 13.6. The second kappa shape index (κ2) is 8.29. The molecule has 1 aliphatic heterocycles. The van der Waals surface area contributed by atoms with Gasteiger partial charge in [0, 0.05) is 51.3 Å². The summed E-state index contributed by atoms with van der Waals surface area (Å²) in [5.74, 6) is 0.900. The van der Waals surface area contributed by atoms with Crippen LogP contribution in [0.4, 0.5) is 5.69 Å². The lowest BCUT2D eigenvalue weighted by atomic mass is 10.1. The van der Waals surface area contributed by atoms with Crippen LogP contribution in [0, 0.1) is 0 Å². The second-order valence-electron chi connectivity index (χ2n) is 7.37. The van der Waals surface area contributed by atoms with Crippen molar-refractivity contribution in [1.29, 1.82) is 0 Å². The molecular formula is C22H25N3O3S. The molecular weight excluding hydrogens is 386 g/mol. The first kappa shape index (κ1) is 19.5. The Balaban J connectivity index is 1.37. The fourth-order valence-electron chi connectivity index (χ4n) is 3.48. The number of amides is 1. The van der Waals surface area contributed by atoms with Gasteiger partial charge in [0.2, 0.25) is 0 Å². The molecule has 0 spiro atoms. The topological polar surface area (TPSA) is 54.9 Å². The molecule has 0 unspecified atom stereocenters. The Morgan fingerprint density at radius 2 is 1.97 bits per heavy atom. The number of methoxy groups -OCH3 is 1. The number of piperidine rings is 1. The summed E-state index contributed by atoms with van der Waals surface area (Å²) in [5.41, 5.74) is 2.68. The molecule has 3 aromatic rings. The lowest BCUT2D eigenvalue weighted by Gasteiger charge is -2.31. The number of anilines is 1. The van der Waals surface area contributed by atoms with E-state index in [9.17, 15) is 4.79 Å². The van der Waals surface area contributed by atoms with Gasteiger partial charge in [0.25, 0.3) is 11.1 Å². The highest BCUT2D eigenvalue weighted by Gasteiger charge is 2.25. The van der Waals surface area contributed by atoms with Crippen molar-refractivity contribution in [3.63, 3.8) is 0 Å². The van der Waals surface area contributed by atoms with Gasteiger partial charge in [-0.3, -0.25) is 4.79 Å². The predicted molar refractivity (Wildman–Crippen MR) is 116 cm³/mol. The Morgan fingerprint density at radius 3 is 2.69 bits per heavy atom. The molecule has 1 aliphatic rings. The summed E-state index contributed by atoms with van der Waals surface area (Å²) in [5, 5.41) is 0.678. The molecule has 1 saturated heterocycles. The summed E-state index contributed by atoms with van der Waals surface area (Å²) in [6.45, 7) is 1.38. The van der Waals surface area contributed by atoms with Gasteiger partial charge in [-0.1, -0.05) is 17.4 Å². The zero-order chi connectivity index (χ0) is 20.4. The van der Waals surface area contributed by atoms with Crippen LogP contribution >= 0.6 is 11.3 Å². The fourth-order valence-corrected chi connectivity index (χ4v) is 4.39. The first-order valence-electron chi connectivity index (χ1n) is 9.71. The fraction of sp³-hybridized carbons (Fsp3) is 0.364. The molecule has 2 aromatic carbocycles. The van der Waals surface area contributed by atoms with Gasteiger partial charge in [-0.15, -0.1) is 0 Å². The Kier molecular flexibility index (Phi) is 5.58. The Hall–Kier alpha value is -2.80. The normalized spacial score (nSPS) is 14.8. The van der Waals surface area contributed by atoms with Gasteiger partial charge in [0.05, 0.1) is 17.3 Å². The zero-order valence-corrected chi connectivity index (χ0v) is 17.7. The first-order valence-corrected chi connectivity index (χ1v) is 10.5. The van der Waals surface area contributed by atoms with Crippen LogP contribution < -0.4 is 14.4 Å². The number of benzene rings is 2. The summed E-state index contributed by atoms with van der Waals surface area (Å²) in [4.78, 5) is 21.3. The van der Waals surface area contributed by atoms with Gasteiger partial charge < -0.3 is 19.3 Å². The van der Waals surface area contributed by atoms with Crippen LogP contribution in [-0.4, -0.2) is 56.2 Å². The number of carbonyl (C=O) groups excluding carboxylic acids is 1. The maximum atomic E-state index is 12.9. The SMILES string of the molecule is COc1ccc2nc(OC3CCN(C(=O)c4cccc(N(C)C)c4)CC3)sc2c1. The van der Waals surface area contributed by atoms with E-state index in [0.29, 0.717) is 18.3 Å². The predicted octanol–water partition coefficient (Wildman–Crippen LogP) is 4.05. The van der Waals surface area contributed by atoms with Crippen LogP contribution in [-0.2, 0) is 0 Å². The third kappa shape index (κ3) is 4.29. The Morgan fingerprint density at radius 1 is 1.17 bits per heavy atom. The van der Waals surface area contributed by atoms with Gasteiger partial charge in [0.1, 0.15) is 11.9 Å². The molecule has 0 bridgehead atoms. The van der Waals surface area contributed by atoms with E-state index in [0.717, 1.165) is 40.1 Å². The molecule has 0 saturated carbocycles. The van der Waals surface area contributed by atoms with Crippen molar-refractivity contribution in [1.82, 2.24) is 9.88 Å². The minimum Gasteiger partial charge on any atom is -0.497 e. The average Bonchev–Trinajstić information content (AvgIpc) is 3.15. The molecule has 0 radical (unpaired) electrons. The van der Waals surface area contributed by atoms with E-state index in [4.69, 9.17) is 9.47 Å². The van der Waals surface area contributed by atoms with E-state index in [2.05, 4.69) is 4.98 Å². The number of hydrogen-bond donors (Lipinski definition) is 0. The number of carbonyl (C=O) groups is 1. The monoisotopic (exact) mass is 411 g/mol. The lowest BCUT2D eigenvalue weighted by Crippen LogP contribution is -2.41. The van der Waals surface area contributed by atoms with E-state index < -0.39 is 0 Å². The molecule has 1 amide bonds. The zero-order valence-electron chi connectivity index (χ0n) is 16.9. The molecule has 1 fully saturated rings. The smallest absolute Gasteiger partial charge is 0.274 e. The summed E-state index contributed by atoms with van der Waals surface area (Å²) >= 11 is 1.53. The maximum absolute atomic E-state index is 12.9. The molecule has 1 aromatic heterocycles. The molecule has 152 valence electrons. The molecule has 0 aliphatic carbocycles. The summed E-state index contributed by atoms with van der Waals surface area (Å²) in [6.07, 6.45) is 1.69. The van der Waals surface area contributed by atoms with Crippen molar-refractivity contribution >= 4 is 33.1 Å². The van der Waals surface area contributed by atoms with Crippen molar-refractivity contribution in [3.8, 4) is 10.9 Å². The lowest BCUT2D eigenvalue weighted by molar-refractivity contribution is 0.0595. The van der Waals surface area contributed by atoms with E-state index in [1.54, 1.807) is 7.11 Å². The summed E-state index contributed by atoms with van der Waals surface area (Å²) in [7, 11) is 5.61. The largest absolute Gasteiger partial charge is 0.497 e. The van der Waals surface area contributed by atoms with Crippen LogP contribution in [0.25, 0.3) is 10.2 Å². The van der Waals surface area contributed by atoms with Crippen LogP contribution in [0.15, 0.2) is 42.5 Å². The van der Waals surface area contributed by atoms with Gasteiger partial charge >= 0.3 is 0 Å². The highest BCUT2D eigenvalue weighted by molar-refractivity contribution is 7.20. The number of rotatable bonds is 5. The van der Waals surface area contributed by atoms with Gasteiger partial charge in [-0.25, -0.2) is 4.98 Å². The maximum Gasteiger partial charge on any atom is 0.274 e. The van der Waals surface area contributed by atoms with Crippen LogP contribution in [0.3, 0.4) is 0 Å². The third-order valence-electron chi connectivity index (χ3n) is 5.18. The molecule has 2 heterocycles.